The Morgan fingerprint density at radius 3 is 2.89 bits per heavy atom. The van der Waals surface area contributed by atoms with Gasteiger partial charge in [-0.15, -0.1) is 0 Å². The fourth-order valence-corrected chi connectivity index (χ4v) is 2.44. The fraction of sp³-hybridized carbons (Fsp3) is 0.571. The van der Waals surface area contributed by atoms with Crippen molar-refractivity contribution in [2.75, 3.05) is 13.7 Å². The summed E-state index contributed by atoms with van der Waals surface area (Å²) in [6.07, 6.45) is 2.66. The number of hydrogen-bond donors (Lipinski definition) is 2. The first-order valence-corrected chi connectivity index (χ1v) is 6.40. The van der Waals surface area contributed by atoms with Crippen LogP contribution in [0.3, 0.4) is 0 Å². The van der Waals surface area contributed by atoms with Crippen molar-refractivity contribution in [2.45, 2.75) is 31.9 Å². The molecule has 3 nitrogen and oxygen atoms in total. The maximum absolute atomic E-state index is 13.6. The number of aliphatic hydroxyl groups is 1. The number of ether oxygens (including phenoxy) is 1. The monoisotopic (exact) mass is 253 g/mol. The van der Waals surface area contributed by atoms with Gasteiger partial charge in [0.2, 0.25) is 0 Å². The molecule has 0 aromatic heterocycles. The molecule has 0 aliphatic heterocycles. The quantitative estimate of drug-likeness (QED) is 0.844. The number of nitrogens with one attached hydrogen (secondary N) is 1. The normalized spacial score (nSPS) is 23.3. The minimum absolute atomic E-state index is 0.144. The first-order valence-electron chi connectivity index (χ1n) is 6.40. The molecule has 1 aliphatic rings. The Hall–Kier alpha value is -1.13. The van der Waals surface area contributed by atoms with Crippen molar-refractivity contribution in [2.24, 2.45) is 5.92 Å². The van der Waals surface area contributed by atoms with Crippen LogP contribution in [0.25, 0.3) is 0 Å². The van der Waals surface area contributed by atoms with Crippen LogP contribution in [0.4, 0.5) is 4.39 Å². The van der Waals surface area contributed by atoms with Crippen molar-refractivity contribution in [1.29, 1.82) is 0 Å². The molecule has 2 atom stereocenters. The molecule has 18 heavy (non-hydrogen) atoms. The van der Waals surface area contributed by atoms with Crippen molar-refractivity contribution >= 4 is 0 Å². The lowest BCUT2D eigenvalue weighted by Crippen LogP contribution is -2.21. The summed E-state index contributed by atoms with van der Waals surface area (Å²) in [6.45, 7) is 1.35. The van der Waals surface area contributed by atoms with Crippen LogP contribution >= 0.6 is 0 Å². The summed E-state index contributed by atoms with van der Waals surface area (Å²) in [4.78, 5) is 0. The number of rotatable bonds is 5. The molecule has 0 bridgehead atoms. The van der Waals surface area contributed by atoms with Gasteiger partial charge in [-0.25, -0.2) is 4.39 Å². The van der Waals surface area contributed by atoms with Gasteiger partial charge in [0.25, 0.3) is 0 Å². The highest BCUT2D eigenvalue weighted by atomic mass is 19.1. The Morgan fingerprint density at radius 2 is 2.28 bits per heavy atom. The Kier molecular flexibility index (Phi) is 4.55. The van der Waals surface area contributed by atoms with Crippen LogP contribution in [0.1, 0.15) is 24.8 Å². The molecular formula is C14H20FNO2. The highest BCUT2D eigenvalue weighted by Gasteiger charge is 2.22. The summed E-state index contributed by atoms with van der Waals surface area (Å²) in [5.41, 5.74) is 0.648. The van der Waals surface area contributed by atoms with Crippen molar-refractivity contribution in [3.05, 3.63) is 29.6 Å². The largest absolute Gasteiger partial charge is 0.497 e. The van der Waals surface area contributed by atoms with Crippen LogP contribution in [0.2, 0.25) is 0 Å². The van der Waals surface area contributed by atoms with Crippen LogP contribution < -0.4 is 10.1 Å². The summed E-state index contributed by atoms with van der Waals surface area (Å²) >= 11 is 0. The molecule has 100 valence electrons. The lowest BCUT2D eigenvalue weighted by atomic mass is 10.1. The minimum Gasteiger partial charge on any atom is -0.497 e. The van der Waals surface area contributed by atoms with Crippen molar-refractivity contribution in [3.63, 3.8) is 0 Å². The minimum atomic E-state index is -0.242. The molecule has 1 aromatic carbocycles. The van der Waals surface area contributed by atoms with Gasteiger partial charge in [0, 0.05) is 18.2 Å². The van der Waals surface area contributed by atoms with Crippen LogP contribution in [0, 0.1) is 11.7 Å². The maximum Gasteiger partial charge on any atom is 0.131 e. The Balaban J connectivity index is 1.79. The second kappa shape index (κ2) is 6.16. The highest BCUT2D eigenvalue weighted by molar-refractivity contribution is 5.28. The Labute approximate surface area is 107 Å². The van der Waals surface area contributed by atoms with Gasteiger partial charge < -0.3 is 15.2 Å². The molecule has 2 unspecified atom stereocenters. The van der Waals surface area contributed by atoms with Crippen molar-refractivity contribution in [1.82, 2.24) is 5.32 Å². The van der Waals surface area contributed by atoms with E-state index < -0.39 is 0 Å². The topological polar surface area (TPSA) is 41.5 Å². The third kappa shape index (κ3) is 3.43. The summed E-state index contributed by atoms with van der Waals surface area (Å²) in [5, 5.41) is 12.7. The molecule has 1 saturated carbocycles. The van der Waals surface area contributed by atoms with Crippen LogP contribution in [0.15, 0.2) is 18.2 Å². The van der Waals surface area contributed by atoms with Crippen LogP contribution in [-0.2, 0) is 6.54 Å². The zero-order chi connectivity index (χ0) is 13.0. The van der Waals surface area contributed by atoms with E-state index in [0.29, 0.717) is 23.8 Å². The second-order valence-electron chi connectivity index (χ2n) is 4.92. The molecule has 2 N–H and O–H groups in total. The maximum atomic E-state index is 13.6. The lowest BCUT2D eigenvalue weighted by Gasteiger charge is -2.11. The molecule has 0 saturated heterocycles. The van der Waals surface area contributed by atoms with Crippen molar-refractivity contribution in [3.8, 4) is 5.75 Å². The SMILES string of the molecule is COc1ccc(CNCC2CCC(O)C2)c(F)c1. The summed E-state index contributed by atoms with van der Waals surface area (Å²) in [7, 11) is 1.53. The number of aliphatic hydroxyl groups excluding tert-OH is 1. The first kappa shape index (κ1) is 13.3. The smallest absolute Gasteiger partial charge is 0.131 e. The van der Waals surface area contributed by atoms with Crippen LogP contribution in [-0.4, -0.2) is 24.9 Å². The fourth-order valence-electron chi connectivity index (χ4n) is 2.44. The predicted octanol–water partition coefficient (Wildman–Crippen LogP) is 2.08. The second-order valence-corrected chi connectivity index (χ2v) is 4.92. The third-order valence-corrected chi connectivity index (χ3v) is 3.52. The van der Waals surface area contributed by atoms with Crippen molar-refractivity contribution < 1.29 is 14.2 Å². The number of hydrogen-bond acceptors (Lipinski definition) is 3. The van der Waals surface area contributed by atoms with Gasteiger partial charge in [-0.3, -0.25) is 0 Å². The van der Waals surface area contributed by atoms with E-state index in [0.717, 1.165) is 25.8 Å². The van der Waals surface area contributed by atoms with Crippen LogP contribution in [0.5, 0.6) is 5.75 Å². The predicted molar refractivity (Wildman–Crippen MR) is 68.0 cm³/mol. The molecule has 0 radical (unpaired) electrons. The lowest BCUT2D eigenvalue weighted by molar-refractivity contribution is 0.177. The van der Waals surface area contributed by atoms with E-state index in [-0.39, 0.29) is 11.9 Å². The molecule has 2 rings (SSSR count). The van der Waals surface area contributed by atoms with E-state index in [4.69, 9.17) is 4.74 Å². The molecule has 4 heteroatoms. The van der Waals surface area contributed by atoms with E-state index in [1.54, 1.807) is 12.1 Å². The highest BCUT2D eigenvalue weighted by Crippen LogP contribution is 2.24. The molecule has 0 spiro atoms. The van der Waals surface area contributed by atoms with E-state index in [2.05, 4.69) is 5.32 Å². The average Bonchev–Trinajstić information content (AvgIpc) is 2.77. The Bertz CT molecular complexity index is 397. The molecule has 1 fully saturated rings. The molecule has 1 aliphatic carbocycles. The standard InChI is InChI=1S/C14H20FNO2/c1-18-13-5-3-11(14(15)7-13)9-16-8-10-2-4-12(17)6-10/h3,5,7,10,12,16-17H,2,4,6,8-9H2,1H3. The van der Waals surface area contributed by atoms with E-state index in [9.17, 15) is 9.50 Å². The number of benzene rings is 1. The summed E-state index contributed by atoms with van der Waals surface area (Å²) in [6, 6.07) is 4.90. The summed E-state index contributed by atoms with van der Waals surface area (Å²) in [5.74, 6) is 0.810. The molecule has 0 amide bonds. The van der Waals surface area contributed by atoms with Gasteiger partial charge in [0.1, 0.15) is 11.6 Å². The summed E-state index contributed by atoms with van der Waals surface area (Å²) < 4.78 is 18.6. The zero-order valence-electron chi connectivity index (χ0n) is 10.7. The number of halogens is 1. The van der Waals surface area contributed by atoms with Gasteiger partial charge >= 0.3 is 0 Å². The van der Waals surface area contributed by atoms with Gasteiger partial charge in [-0.1, -0.05) is 6.07 Å². The molecular weight excluding hydrogens is 233 g/mol. The van der Waals surface area contributed by atoms with Gasteiger partial charge in [0.05, 0.1) is 13.2 Å². The molecule has 1 aromatic rings. The average molecular weight is 253 g/mol. The third-order valence-electron chi connectivity index (χ3n) is 3.52. The zero-order valence-corrected chi connectivity index (χ0v) is 10.7. The molecule has 0 heterocycles. The Morgan fingerprint density at radius 1 is 1.44 bits per heavy atom. The van der Waals surface area contributed by atoms with Gasteiger partial charge in [-0.05, 0) is 37.8 Å². The van der Waals surface area contributed by atoms with E-state index in [1.165, 1.54) is 13.2 Å². The van der Waals surface area contributed by atoms with Gasteiger partial charge in [0.15, 0.2) is 0 Å². The van der Waals surface area contributed by atoms with E-state index >= 15 is 0 Å². The van der Waals surface area contributed by atoms with E-state index in [1.807, 2.05) is 0 Å². The van der Waals surface area contributed by atoms with Gasteiger partial charge in [-0.2, -0.15) is 0 Å². The number of methoxy groups -OCH3 is 1. The first-order chi connectivity index (χ1) is 8.69.